The number of nitrogens with zero attached hydrogens (tertiary/aromatic N) is 4. The zero-order valence-corrected chi connectivity index (χ0v) is 23.4. The van der Waals surface area contributed by atoms with E-state index in [0.717, 1.165) is 15.4 Å². The first-order valence-corrected chi connectivity index (χ1v) is 14.1. The zero-order valence-electron chi connectivity index (χ0n) is 23.4. The number of alkyl halides is 1. The van der Waals surface area contributed by atoms with Crippen LogP contribution in [-0.4, -0.2) is 34.3 Å². The fourth-order valence-corrected chi connectivity index (χ4v) is 6.27. The average Bonchev–Trinajstić information content (AvgIpc) is 3.05. The molecule has 0 spiro atoms. The van der Waals surface area contributed by atoms with Gasteiger partial charge in [-0.2, -0.15) is 0 Å². The molecular formula is C35H20F2N4O4. The van der Waals surface area contributed by atoms with Gasteiger partial charge in [0.2, 0.25) is 0 Å². The second-order valence-corrected chi connectivity index (χ2v) is 11.1. The lowest BCUT2D eigenvalue weighted by molar-refractivity contribution is -0.123. The van der Waals surface area contributed by atoms with E-state index in [9.17, 15) is 28.0 Å². The molecule has 4 aromatic rings. The van der Waals surface area contributed by atoms with Gasteiger partial charge in [-0.3, -0.25) is 29.2 Å². The summed E-state index contributed by atoms with van der Waals surface area (Å²) in [5, 5.41) is 1.04. The van der Waals surface area contributed by atoms with Crippen molar-refractivity contribution in [1.82, 2.24) is 4.98 Å². The Labute approximate surface area is 254 Å². The molecule has 0 atom stereocenters. The van der Waals surface area contributed by atoms with Crippen molar-refractivity contribution in [2.45, 2.75) is 19.5 Å². The molecule has 0 saturated carbocycles. The van der Waals surface area contributed by atoms with E-state index in [1.54, 1.807) is 24.3 Å². The number of hydrogen-bond donors (Lipinski definition) is 0. The number of pyridine rings is 1. The Morgan fingerprint density at radius 2 is 1.27 bits per heavy atom. The number of amides is 4. The molecule has 1 aliphatic carbocycles. The SMILES string of the molecule is O=C1/C2=C/C=C3\CC(=N/C=C(\C2)C(=O)N1c1ccc(F)cc1)c1ccc2c4c(cnc3c14)C(=O)N(c1ccc(CF)cc1)C2=O. The van der Waals surface area contributed by atoms with Gasteiger partial charge in [-0.1, -0.05) is 30.4 Å². The minimum atomic E-state index is -0.665. The molecule has 3 aromatic carbocycles. The van der Waals surface area contributed by atoms with Gasteiger partial charge in [0.25, 0.3) is 23.6 Å². The summed E-state index contributed by atoms with van der Waals surface area (Å²) in [7, 11) is 0. The lowest BCUT2D eigenvalue weighted by Gasteiger charge is -2.31. The van der Waals surface area contributed by atoms with E-state index in [2.05, 4.69) is 4.98 Å². The second kappa shape index (κ2) is 9.81. The van der Waals surface area contributed by atoms with Gasteiger partial charge in [-0.05, 0) is 53.6 Å². The first-order valence-electron chi connectivity index (χ1n) is 14.1. The van der Waals surface area contributed by atoms with Crippen molar-refractivity contribution >= 4 is 57.1 Å². The molecule has 1 fully saturated rings. The van der Waals surface area contributed by atoms with Crippen LogP contribution in [0.4, 0.5) is 20.2 Å². The number of anilines is 2. The third kappa shape index (κ3) is 3.95. The molecule has 4 amide bonds. The Hall–Kier alpha value is -5.90. The summed E-state index contributed by atoms with van der Waals surface area (Å²) in [6, 6.07) is 14.7. The maximum atomic E-state index is 13.8. The van der Waals surface area contributed by atoms with Crippen LogP contribution in [0.1, 0.15) is 50.4 Å². The maximum absolute atomic E-state index is 13.8. The third-order valence-electron chi connectivity index (χ3n) is 8.51. The molecule has 8 nitrogen and oxygen atoms in total. The summed E-state index contributed by atoms with van der Waals surface area (Å²) in [5.74, 6) is -2.64. The zero-order chi connectivity index (χ0) is 31.0. The van der Waals surface area contributed by atoms with E-state index in [-0.39, 0.29) is 23.2 Å². The summed E-state index contributed by atoms with van der Waals surface area (Å²) < 4.78 is 26.7. The molecule has 8 rings (SSSR count). The van der Waals surface area contributed by atoms with E-state index in [1.165, 1.54) is 60.9 Å². The number of hydrogen-bond acceptors (Lipinski definition) is 6. The van der Waals surface area contributed by atoms with Crippen LogP contribution < -0.4 is 9.80 Å². The second-order valence-electron chi connectivity index (χ2n) is 11.1. The van der Waals surface area contributed by atoms with Crippen LogP contribution >= 0.6 is 0 Å². The van der Waals surface area contributed by atoms with Crippen LogP contribution in [0.15, 0.2) is 101 Å². The fourth-order valence-electron chi connectivity index (χ4n) is 6.27. The predicted molar refractivity (Wildman–Crippen MR) is 163 cm³/mol. The van der Waals surface area contributed by atoms with Gasteiger partial charge in [0.05, 0.1) is 28.3 Å². The highest BCUT2D eigenvalue weighted by atomic mass is 19.1. The summed E-state index contributed by atoms with van der Waals surface area (Å²) in [6.07, 6.45) is 6.71. The normalized spacial score (nSPS) is 20.7. The van der Waals surface area contributed by atoms with Crippen LogP contribution in [0.3, 0.4) is 0 Å². The van der Waals surface area contributed by atoms with Gasteiger partial charge in [-0.25, -0.2) is 18.6 Å². The van der Waals surface area contributed by atoms with E-state index >= 15 is 0 Å². The standard InChI is InChI=1S/C35H20F2N4O4/c36-15-18-1-7-23(8-2-18)41-34(44)26-12-11-25-28-14-19(31-30(25)29(26)27(17-39-31)35(41)45)3-4-20-13-21(16-38-28)33(43)40(32(20)42)24-9-5-22(37)6-10-24/h1-12,16-17H,13-15H2/b19-3+,20-4+,21-16+,38-28?. The number of imide groups is 2. The number of allylic oxidation sites excluding steroid dienone is 3. The van der Waals surface area contributed by atoms with Crippen molar-refractivity contribution < 1.29 is 28.0 Å². The van der Waals surface area contributed by atoms with Gasteiger partial charge in [-0.15, -0.1) is 0 Å². The number of aliphatic imine (C=N–C) groups is 1. The molecule has 45 heavy (non-hydrogen) atoms. The Balaban J connectivity index is 1.29. The lowest BCUT2D eigenvalue weighted by atomic mass is 9.82. The Bertz CT molecular complexity index is 2080. The largest absolute Gasteiger partial charge is 0.269 e. The predicted octanol–water partition coefficient (Wildman–Crippen LogP) is 6.01. The smallest absolute Gasteiger partial charge is 0.267 e. The maximum Gasteiger partial charge on any atom is 0.267 e. The summed E-state index contributed by atoms with van der Waals surface area (Å²) in [6.45, 7) is -0.665. The number of carbonyl (C=O) groups excluding carboxylic acids is 4. The van der Waals surface area contributed by atoms with Crippen molar-refractivity contribution in [3.8, 4) is 0 Å². The fraction of sp³-hybridized carbons (Fsp3) is 0.0857. The van der Waals surface area contributed by atoms with Gasteiger partial charge in [0.1, 0.15) is 12.5 Å². The van der Waals surface area contributed by atoms with E-state index in [0.29, 0.717) is 56.5 Å². The molecule has 218 valence electrons. The molecule has 1 saturated heterocycles. The Kier molecular flexibility index (Phi) is 5.82. The van der Waals surface area contributed by atoms with Crippen molar-refractivity contribution in [2.75, 3.05) is 9.80 Å². The minimum absolute atomic E-state index is 0.0641. The van der Waals surface area contributed by atoms with Crippen molar-refractivity contribution in [2.24, 2.45) is 4.99 Å². The van der Waals surface area contributed by atoms with Crippen molar-refractivity contribution in [3.63, 3.8) is 0 Å². The first kappa shape index (κ1) is 26.7. The molecule has 4 aliphatic rings. The number of halogens is 2. The highest BCUT2D eigenvalue weighted by molar-refractivity contribution is 6.38. The number of piperidine rings is 1. The Morgan fingerprint density at radius 1 is 0.644 bits per heavy atom. The van der Waals surface area contributed by atoms with Gasteiger partial charge in [0.15, 0.2) is 0 Å². The van der Waals surface area contributed by atoms with Gasteiger partial charge >= 0.3 is 0 Å². The summed E-state index contributed by atoms with van der Waals surface area (Å²) >= 11 is 0. The average molecular weight is 599 g/mol. The highest BCUT2D eigenvalue weighted by Crippen LogP contribution is 2.42. The van der Waals surface area contributed by atoms with Crippen molar-refractivity contribution in [3.05, 3.63) is 130 Å². The molecule has 0 radical (unpaired) electrons. The molecule has 10 heteroatoms. The van der Waals surface area contributed by atoms with E-state index < -0.39 is 36.1 Å². The number of aromatic nitrogens is 1. The topological polar surface area (TPSA) is 100 Å². The van der Waals surface area contributed by atoms with Crippen LogP contribution in [0.25, 0.3) is 16.3 Å². The van der Waals surface area contributed by atoms with Crippen LogP contribution in [-0.2, 0) is 16.3 Å². The molecular weight excluding hydrogens is 578 g/mol. The van der Waals surface area contributed by atoms with Crippen LogP contribution in [0.5, 0.6) is 0 Å². The van der Waals surface area contributed by atoms with E-state index in [1.807, 2.05) is 0 Å². The minimum Gasteiger partial charge on any atom is -0.269 e. The monoisotopic (exact) mass is 598 g/mol. The van der Waals surface area contributed by atoms with Crippen LogP contribution in [0.2, 0.25) is 0 Å². The molecule has 1 aromatic heterocycles. The molecule has 0 unspecified atom stereocenters. The van der Waals surface area contributed by atoms with Crippen molar-refractivity contribution in [1.29, 1.82) is 0 Å². The number of fused-ring (bicyclic) bond motifs is 6. The van der Waals surface area contributed by atoms with Crippen LogP contribution in [0, 0.1) is 5.82 Å². The number of benzene rings is 3. The lowest BCUT2D eigenvalue weighted by Crippen LogP contribution is -2.43. The quantitative estimate of drug-likeness (QED) is 0.269. The molecule has 0 N–H and O–H groups in total. The number of carbonyl (C=O) groups is 4. The van der Waals surface area contributed by atoms with E-state index in [4.69, 9.17) is 4.99 Å². The number of rotatable bonds is 3. The summed E-state index contributed by atoms with van der Waals surface area (Å²) in [4.78, 5) is 66.0. The third-order valence-corrected chi connectivity index (χ3v) is 8.51. The Morgan fingerprint density at radius 3 is 2.00 bits per heavy atom. The van der Waals surface area contributed by atoms with Gasteiger partial charge in [0, 0.05) is 58.3 Å². The molecule has 4 bridgehead atoms. The summed E-state index contributed by atoms with van der Waals surface area (Å²) in [5.41, 5.74) is 4.71. The molecule has 3 aliphatic heterocycles. The highest BCUT2D eigenvalue weighted by Gasteiger charge is 2.39. The first-order chi connectivity index (χ1) is 21.8. The molecule has 4 heterocycles. The van der Waals surface area contributed by atoms with Gasteiger partial charge < -0.3 is 0 Å².